The molecule has 0 spiro atoms. The van der Waals surface area contributed by atoms with Crippen LogP contribution in [0, 0.1) is 0 Å². The number of fused-ring (bicyclic) bond motifs is 2. The van der Waals surface area contributed by atoms with Gasteiger partial charge in [0.05, 0.1) is 5.56 Å². The molecule has 2 atom stereocenters. The van der Waals surface area contributed by atoms with Crippen molar-refractivity contribution in [3.63, 3.8) is 0 Å². The van der Waals surface area contributed by atoms with Crippen molar-refractivity contribution in [1.29, 1.82) is 0 Å². The van der Waals surface area contributed by atoms with E-state index in [2.05, 4.69) is 20.9 Å². The topological polar surface area (TPSA) is 33.2 Å². The lowest BCUT2D eigenvalue weighted by molar-refractivity contribution is 0.0599. The van der Waals surface area contributed by atoms with Crippen molar-refractivity contribution in [2.45, 2.75) is 43.1 Å². The van der Waals surface area contributed by atoms with Crippen molar-refractivity contribution in [3.05, 3.63) is 28.5 Å². The Morgan fingerprint density at radius 2 is 2.00 bits per heavy atom. The molecule has 2 aliphatic heterocycles. The van der Waals surface area contributed by atoms with Gasteiger partial charge in [0.2, 0.25) is 0 Å². The van der Waals surface area contributed by atoms with Crippen LogP contribution in [0.1, 0.15) is 36.0 Å². The smallest absolute Gasteiger partial charge is 0.255 e. The first-order valence-electron chi connectivity index (χ1n) is 6.22. The summed E-state index contributed by atoms with van der Waals surface area (Å²) >= 11 is 9.59. The van der Waals surface area contributed by atoms with Gasteiger partial charge in [-0.15, -0.1) is 11.6 Å². The van der Waals surface area contributed by atoms with Crippen molar-refractivity contribution < 1.29 is 4.79 Å². The Hall–Kier alpha value is -0.610. The summed E-state index contributed by atoms with van der Waals surface area (Å²) in [7, 11) is 0. The second kappa shape index (κ2) is 4.82. The lowest BCUT2D eigenvalue weighted by atomic mass is 10.0. The largest absolute Gasteiger partial charge is 0.333 e. The maximum absolute atomic E-state index is 12.5. The second-order valence-electron chi connectivity index (χ2n) is 5.06. The van der Waals surface area contributed by atoms with Gasteiger partial charge in [0.25, 0.3) is 5.91 Å². The van der Waals surface area contributed by atoms with Gasteiger partial charge in [-0.1, -0.05) is 0 Å². The summed E-state index contributed by atoms with van der Waals surface area (Å²) in [5, 5.41) is 0.229. The summed E-state index contributed by atoms with van der Waals surface area (Å²) in [5.41, 5.74) is 0.661. The van der Waals surface area contributed by atoms with Crippen LogP contribution in [0.3, 0.4) is 0 Å². The van der Waals surface area contributed by atoms with Crippen LogP contribution in [-0.2, 0) is 0 Å². The van der Waals surface area contributed by atoms with Crippen LogP contribution in [0.4, 0.5) is 0 Å². The average molecular weight is 330 g/mol. The third-order valence-electron chi connectivity index (χ3n) is 3.86. The van der Waals surface area contributed by atoms with Gasteiger partial charge in [-0.05, 0) is 47.7 Å². The average Bonchev–Trinajstić information content (AvgIpc) is 2.61. The van der Waals surface area contributed by atoms with E-state index < -0.39 is 0 Å². The number of carbonyl (C=O) groups excluding carboxylic acids is 1. The Balaban J connectivity index is 1.85. The molecule has 2 aliphatic rings. The quantitative estimate of drug-likeness (QED) is 0.741. The second-order valence-corrected chi connectivity index (χ2v) is 6.59. The summed E-state index contributed by atoms with van der Waals surface area (Å²) in [6, 6.07) is 2.47. The van der Waals surface area contributed by atoms with E-state index in [0.717, 1.165) is 30.2 Å². The monoisotopic (exact) mass is 328 g/mol. The van der Waals surface area contributed by atoms with Crippen LogP contribution < -0.4 is 0 Å². The van der Waals surface area contributed by atoms with Crippen molar-refractivity contribution in [2.75, 3.05) is 0 Å². The van der Waals surface area contributed by atoms with E-state index in [0.29, 0.717) is 17.6 Å². The number of nitrogens with zero attached hydrogens (tertiary/aromatic N) is 2. The number of hydrogen-bond acceptors (Lipinski definition) is 2. The minimum atomic E-state index is 0.0971. The highest BCUT2D eigenvalue weighted by atomic mass is 79.9. The van der Waals surface area contributed by atoms with Gasteiger partial charge in [0, 0.05) is 34.3 Å². The van der Waals surface area contributed by atoms with Crippen LogP contribution in [-0.4, -0.2) is 33.3 Å². The zero-order chi connectivity index (χ0) is 12.7. The minimum Gasteiger partial charge on any atom is -0.333 e. The van der Waals surface area contributed by atoms with E-state index in [1.165, 1.54) is 0 Å². The van der Waals surface area contributed by atoms with Gasteiger partial charge in [0.1, 0.15) is 0 Å². The summed E-state index contributed by atoms with van der Waals surface area (Å²) < 4.78 is 0.841. The molecule has 1 amide bonds. The molecule has 3 heterocycles. The molecule has 1 aromatic heterocycles. The molecule has 18 heavy (non-hydrogen) atoms. The fraction of sp³-hybridized carbons (Fsp3) is 0.538. The molecule has 0 saturated carbocycles. The zero-order valence-electron chi connectivity index (χ0n) is 9.85. The summed E-state index contributed by atoms with van der Waals surface area (Å²) in [6.07, 6.45) is 7.34. The first-order chi connectivity index (χ1) is 8.65. The van der Waals surface area contributed by atoms with Crippen LogP contribution in [0.2, 0.25) is 0 Å². The van der Waals surface area contributed by atoms with Gasteiger partial charge >= 0.3 is 0 Å². The fourth-order valence-corrected chi connectivity index (χ4v) is 3.90. The molecule has 2 fully saturated rings. The number of halogens is 2. The third-order valence-corrected chi connectivity index (χ3v) is 4.65. The Morgan fingerprint density at radius 1 is 1.33 bits per heavy atom. The maximum atomic E-state index is 12.5. The number of carbonyl (C=O) groups is 1. The van der Waals surface area contributed by atoms with Gasteiger partial charge in [-0.25, -0.2) is 0 Å². The highest BCUT2D eigenvalue weighted by Crippen LogP contribution is 2.38. The van der Waals surface area contributed by atoms with E-state index in [-0.39, 0.29) is 11.3 Å². The SMILES string of the molecule is O=C(c1cncc(Br)c1)N1C2CCC1CC(Cl)C2. The number of amides is 1. The highest BCUT2D eigenvalue weighted by Gasteiger charge is 2.42. The van der Waals surface area contributed by atoms with Gasteiger partial charge in [-0.2, -0.15) is 0 Å². The van der Waals surface area contributed by atoms with Crippen molar-refractivity contribution in [3.8, 4) is 0 Å². The van der Waals surface area contributed by atoms with Gasteiger partial charge in [-0.3, -0.25) is 9.78 Å². The Morgan fingerprint density at radius 3 is 2.61 bits per heavy atom. The lowest BCUT2D eigenvalue weighted by Crippen LogP contribution is -2.47. The summed E-state index contributed by atoms with van der Waals surface area (Å²) in [4.78, 5) is 18.6. The van der Waals surface area contributed by atoms with Crippen molar-refractivity contribution in [2.24, 2.45) is 0 Å². The molecule has 0 radical (unpaired) electrons. The van der Waals surface area contributed by atoms with E-state index >= 15 is 0 Å². The number of piperidine rings is 1. The molecule has 2 bridgehead atoms. The first kappa shape index (κ1) is 12.4. The van der Waals surface area contributed by atoms with Crippen LogP contribution in [0.5, 0.6) is 0 Å². The van der Waals surface area contributed by atoms with E-state index in [1.54, 1.807) is 12.4 Å². The van der Waals surface area contributed by atoms with Gasteiger partial charge < -0.3 is 4.90 Å². The number of hydrogen-bond donors (Lipinski definition) is 0. The number of aromatic nitrogens is 1. The van der Waals surface area contributed by atoms with Gasteiger partial charge in [0.15, 0.2) is 0 Å². The van der Waals surface area contributed by atoms with Crippen molar-refractivity contribution >= 4 is 33.4 Å². The van der Waals surface area contributed by atoms with E-state index in [4.69, 9.17) is 11.6 Å². The Labute approximate surface area is 120 Å². The molecule has 0 aromatic carbocycles. The minimum absolute atomic E-state index is 0.0971. The fourth-order valence-electron chi connectivity index (χ4n) is 3.12. The molecule has 2 unspecified atom stereocenters. The van der Waals surface area contributed by atoms with E-state index in [9.17, 15) is 4.79 Å². The molecule has 1 aromatic rings. The predicted octanol–water partition coefficient (Wildman–Crippen LogP) is 3.22. The first-order valence-corrected chi connectivity index (χ1v) is 7.45. The number of rotatable bonds is 1. The van der Waals surface area contributed by atoms with Crippen LogP contribution >= 0.6 is 27.5 Å². The lowest BCUT2D eigenvalue weighted by Gasteiger charge is -2.37. The predicted molar refractivity (Wildman–Crippen MR) is 73.8 cm³/mol. The molecule has 96 valence electrons. The van der Waals surface area contributed by atoms with E-state index in [1.807, 2.05) is 11.0 Å². The van der Waals surface area contributed by atoms with Crippen LogP contribution in [0.25, 0.3) is 0 Å². The highest BCUT2D eigenvalue weighted by molar-refractivity contribution is 9.10. The zero-order valence-corrected chi connectivity index (χ0v) is 12.2. The van der Waals surface area contributed by atoms with Crippen LogP contribution in [0.15, 0.2) is 22.9 Å². The molecule has 5 heteroatoms. The molecule has 0 N–H and O–H groups in total. The molecule has 2 saturated heterocycles. The summed E-state index contributed by atoms with van der Waals surface area (Å²) in [6.45, 7) is 0. The molecule has 3 nitrogen and oxygen atoms in total. The normalized spacial score (nSPS) is 30.6. The maximum Gasteiger partial charge on any atom is 0.255 e. The third kappa shape index (κ3) is 2.16. The molecule has 0 aliphatic carbocycles. The van der Waals surface area contributed by atoms with Crippen molar-refractivity contribution in [1.82, 2.24) is 9.88 Å². The summed E-state index contributed by atoms with van der Waals surface area (Å²) in [5.74, 6) is 0.0971. The molecule has 3 rings (SSSR count). The molecular formula is C13H14BrClN2O. The Bertz CT molecular complexity index is 468. The number of pyridine rings is 1. The number of alkyl halides is 1. The molecular weight excluding hydrogens is 316 g/mol. The Kier molecular flexibility index (Phi) is 3.32. The standard InChI is InChI=1S/C13H14BrClN2O/c14-9-3-8(6-16-7-9)13(18)17-11-1-2-12(17)5-10(15)4-11/h3,6-7,10-12H,1-2,4-5H2.